The predicted molar refractivity (Wildman–Crippen MR) is 105 cm³/mol. The van der Waals surface area contributed by atoms with Crippen molar-refractivity contribution >= 4 is 34.0 Å². The van der Waals surface area contributed by atoms with Gasteiger partial charge >= 0.3 is 0 Å². The van der Waals surface area contributed by atoms with Crippen molar-refractivity contribution in [3.8, 4) is 5.75 Å². The zero-order valence-electron chi connectivity index (χ0n) is 15.8. The van der Waals surface area contributed by atoms with Crippen LogP contribution in [0, 0.1) is 5.92 Å². The SMILES string of the molecule is CCC[C@H](C)c1nnc(NC(=O)[C@H]2CC(=O)N(c3ccc(OC)cc3)C2)s1. The molecule has 0 bridgehead atoms. The number of rotatable bonds is 7. The number of carbonyl (C=O) groups excluding carboxylic acids is 2. The van der Waals surface area contributed by atoms with E-state index in [-0.39, 0.29) is 18.2 Å². The molecule has 1 saturated heterocycles. The number of anilines is 2. The summed E-state index contributed by atoms with van der Waals surface area (Å²) in [6.07, 6.45) is 2.31. The van der Waals surface area contributed by atoms with Gasteiger partial charge in [0.1, 0.15) is 10.8 Å². The second kappa shape index (κ2) is 8.47. The number of amides is 2. The summed E-state index contributed by atoms with van der Waals surface area (Å²) >= 11 is 1.40. The summed E-state index contributed by atoms with van der Waals surface area (Å²) in [6, 6.07) is 7.25. The van der Waals surface area contributed by atoms with Crippen molar-refractivity contribution in [1.29, 1.82) is 0 Å². The highest BCUT2D eigenvalue weighted by molar-refractivity contribution is 7.15. The first-order valence-corrected chi connectivity index (χ1v) is 9.92. The second-order valence-electron chi connectivity index (χ2n) is 6.73. The van der Waals surface area contributed by atoms with Crippen LogP contribution in [0.1, 0.15) is 44.0 Å². The Morgan fingerprint density at radius 1 is 1.37 bits per heavy atom. The van der Waals surface area contributed by atoms with Crippen molar-refractivity contribution in [3.63, 3.8) is 0 Å². The van der Waals surface area contributed by atoms with E-state index in [0.29, 0.717) is 17.6 Å². The van der Waals surface area contributed by atoms with E-state index in [4.69, 9.17) is 4.74 Å². The molecule has 0 unspecified atom stereocenters. The van der Waals surface area contributed by atoms with Crippen LogP contribution >= 0.6 is 11.3 Å². The van der Waals surface area contributed by atoms with Crippen LogP contribution in [0.25, 0.3) is 0 Å². The minimum atomic E-state index is -0.403. The number of hydrogen-bond donors (Lipinski definition) is 1. The topological polar surface area (TPSA) is 84.4 Å². The Bertz CT molecular complexity index is 806. The van der Waals surface area contributed by atoms with Crippen molar-refractivity contribution in [2.24, 2.45) is 5.92 Å². The number of nitrogens with zero attached hydrogens (tertiary/aromatic N) is 3. The van der Waals surface area contributed by atoms with Gasteiger partial charge in [0, 0.05) is 24.6 Å². The van der Waals surface area contributed by atoms with Crippen LogP contribution in [0.2, 0.25) is 0 Å². The number of ether oxygens (including phenoxy) is 1. The molecule has 1 N–H and O–H groups in total. The van der Waals surface area contributed by atoms with Gasteiger partial charge in [-0.3, -0.25) is 9.59 Å². The van der Waals surface area contributed by atoms with Gasteiger partial charge in [0.15, 0.2) is 0 Å². The van der Waals surface area contributed by atoms with E-state index in [1.54, 1.807) is 24.1 Å². The number of aromatic nitrogens is 2. The van der Waals surface area contributed by atoms with Crippen LogP contribution in [0.3, 0.4) is 0 Å². The summed E-state index contributed by atoms with van der Waals surface area (Å²) in [5.41, 5.74) is 0.766. The van der Waals surface area contributed by atoms with Crippen LogP contribution < -0.4 is 15.0 Å². The standard InChI is InChI=1S/C19H24N4O3S/c1-4-5-12(2)18-21-22-19(27-18)20-17(25)13-10-16(24)23(11-13)14-6-8-15(26-3)9-7-14/h6-9,12-13H,4-5,10-11H2,1-3H3,(H,20,22,25)/t12-,13-/m0/s1. The molecule has 8 heteroatoms. The number of benzene rings is 1. The van der Waals surface area contributed by atoms with Crippen LogP contribution in [-0.2, 0) is 9.59 Å². The molecular weight excluding hydrogens is 364 g/mol. The van der Waals surface area contributed by atoms with Gasteiger partial charge in [-0.05, 0) is 30.7 Å². The van der Waals surface area contributed by atoms with Gasteiger partial charge in [0.25, 0.3) is 0 Å². The molecule has 2 aromatic rings. The zero-order chi connectivity index (χ0) is 19.4. The van der Waals surface area contributed by atoms with E-state index in [9.17, 15) is 9.59 Å². The Balaban J connectivity index is 1.62. The molecule has 0 saturated carbocycles. The van der Waals surface area contributed by atoms with Gasteiger partial charge in [0.2, 0.25) is 16.9 Å². The number of carbonyl (C=O) groups is 2. The van der Waals surface area contributed by atoms with Crippen LogP contribution in [-0.4, -0.2) is 35.7 Å². The molecule has 144 valence electrons. The fourth-order valence-electron chi connectivity index (χ4n) is 3.14. The minimum absolute atomic E-state index is 0.0603. The fraction of sp³-hybridized carbons (Fsp3) is 0.474. The van der Waals surface area contributed by atoms with Gasteiger partial charge in [-0.2, -0.15) is 0 Å². The van der Waals surface area contributed by atoms with E-state index in [2.05, 4.69) is 29.4 Å². The maximum absolute atomic E-state index is 12.6. The molecule has 1 aromatic heterocycles. The molecule has 1 aliphatic heterocycles. The second-order valence-corrected chi connectivity index (χ2v) is 7.74. The van der Waals surface area contributed by atoms with E-state index in [1.807, 2.05) is 12.1 Å². The van der Waals surface area contributed by atoms with E-state index in [1.165, 1.54) is 11.3 Å². The molecule has 3 rings (SSSR count). The maximum atomic E-state index is 12.6. The molecule has 2 heterocycles. The normalized spacial score (nSPS) is 17.8. The average Bonchev–Trinajstić information content (AvgIpc) is 3.29. The van der Waals surface area contributed by atoms with Crippen molar-refractivity contribution in [3.05, 3.63) is 29.3 Å². The molecule has 2 amide bonds. The molecule has 2 atom stereocenters. The summed E-state index contributed by atoms with van der Waals surface area (Å²) in [5, 5.41) is 12.5. The number of hydrogen-bond acceptors (Lipinski definition) is 6. The highest BCUT2D eigenvalue weighted by Crippen LogP contribution is 2.29. The molecule has 1 aliphatic rings. The number of nitrogens with one attached hydrogen (secondary N) is 1. The largest absolute Gasteiger partial charge is 0.497 e. The Morgan fingerprint density at radius 3 is 2.78 bits per heavy atom. The Kier molecular flexibility index (Phi) is 6.05. The van der Waals surface area contributed by atoms with E-state index >= 15 is 0 Å². The molecular formula is C19H24N4O3S. The van der Waals surface area contributed by atoms with Gasteiger partial charge in [-0.15, -0.1) is 10.2 Å². The van der Waals surface area contributed by atoms with Gasteiger partial charge < -0.3 is 15.0 Å². The van der Waals surface area contributed by atoms with E-state index in [0.717, 1.165) is 29.3 Å². The van der Waals surface area contributed by atoms with E-state index < -0.39 is 5.92 Å². The Labute approximate surface area is 162 Å². The third-order valence-corrected chi connectivity index (χ3v) is 5.76. The average molecular weight is 388 g/mol. The molecule has 1 fully saturated rings. The summed E-state index contributed by atoms with van der Waals surface area (Å²) in [7, 11) is 1.60. The van der Waals surface area contributed by atoms with Crippen LogP contribution in [0.5, 0.6) is 5.75 Å². The van der Waals surface area contributed by atoms with Crippen molar-refractivity contribution in [2.75, 3.05) is 23.9 Å². The highest BCUT2D eigenvalue weighted by atomic mass is 32.1. The third kappa shape index (κ3) is 4.44. The first kappa shape index (κ1) is 19.3. The van der Waals surface area contributed by atoms with Crippen molar-refractivity contribution in [2.45, 2.75) is 39.0 Å². The van der Waals surface area contributed by atoms with Gasteiger partial charge in [-0.25, -0.2) is 0 Å². The first-order valence-electron chi connectivity index (χ1n) is 9.10. The lowest BCUT2D eigenvalue weighted by Crippen LogP contribution is -2.28. The monoisotopic (exact) mass is 388 g/mol. The molecule has 0 radical (unpaired) electrons. The van der Waals surface area contributed by atoms with Crippen molar-refractivity contribution < 1.29 is 14.3 Å². The van der Waals surface area contributed by atoms with Gasteiger partial charge in [-0.1, -0.05) is 31.6 Å². The Morgan fingerprint density at radius 2 is 2.11 bits per heavy atom. The fourth-order valence-corrected chi connectivity index (χ4v) is 3.98. The quantitative estimate of drug-likeness (QED) is 0.785. The summed E-state index contributed by atoms with van der Waals surface area (Å²) in [4.78, 5) is 26.6. The maximum Gasteiger partial charge on any atom is 0.231 e. The molecule has 0 aliphatic carbocycles. The lowest BCUT2D eigenvalue weighted by Gasteiger charge is -2.16. The minimum Gasteiger partial charge on any atom is -0.497 e. The zero-order valence-corrected chi connectivity index (χ0v) is 16.6. The Hall–Kier alpha value is -2.48. The lowest BCUT2D eigenvalue weighted by atomic mass is 10.1. The lowest BCUT2D eigenvalue weighted by molar-refractivity contribution is -0.122. The molecule has 7 nitrogen and oxygen atoms in total. The first-order chi connectivity index (χ1) is 13.0. The summed E-state index contributed by atoms with van der Waals surface area (Å²) < 4.78 is 5.14. The summed E-state index contributed by atoms with van der Waals surface area (Å²) in [6.45, 7) is 4.60. The number of methoxy groups -OCH3 is 1. The van der Waals surface area contributed by atoms with Crippen LogP contribution in [0.4, 0.5) is 10.8 Å². The predicted octanol–water partition coefficient (Wildman–Crippen LogP) is 3.44. The summed E-state index contributed by atoms with van der Waals surface area (Å²) in [5.74, 6) is 0.404. The molecule has 1 aromatic carbocycles. The molecule has 27 heavy (non-hydrogen) atoms. The van der Waals surface area contributed by atoms with Crippen LogP contribution in [0.15, 0.2) is 24.3 Å². The third-order valence-electron chi connectivity index (χ3n) is 4.69. The highest BCUT2D eigenvalue weighted by Gasteiger charge is 2.35. The smallest absolute Gasteiger partial charge is 0.231 e. The molecule has 0 spiro atoms. The van der Waals surface area contributed by atoms with Crippen molar-refractivity contribution in [1.82, 2.24) is 10.2 Å². The van der Waals surface area contributed by atoms with Gasteiger partial charge in [0.05, 0.1) is 13.0 Å².